The molecule has 0 bridgehead atoms. The molecule has 1 aromatic heterocycles. The van der Waals surface area contributed by atoms with Crippen LogP contribution in [0.4, 0.5) is 0 Å². The fraction of sp³-hybridized carbons (Fsp3) is 0.0870. The van der Waals surface area contributed by atoms with Crippen LogP contribution in [0.15, 0.2) is 157 Å². The summed E-state index contributed by atoms with van der Waals surface area (Å²) < 4.78 is 13.3. The predicted octanol–water partition coefficient (Wildman–Crippen LogP) is 10.2. The molecule has 2 nitrogen and oxygen atoms in total. The minimum absolute atomic E-state index is 0.409. The van der Waals surface area contributed by atoms with Gasteiger partial charge in [-0.1, -0.05) is 141 Å². The molecule has 2 heterocycles. The summed E-state index contributed by atoms with van der Waals surface area (Å²) in [6.07, 6.45) is 15.9. The van der Waals surface area contributed by atoms with E-state index in [2.05, 4.69) is 141 Å². The van der Waals surface area contributed by atoms with E-state index in [4.69, 9.17) is 9.15 Å². The van der Waals surface area contributed by atoms with Gasteiger partial charge in [0, 0.05) is 22.8 Å². The number of hydrogen-bond donors (Lipinski definition) is 0. The smallest absolute Gasteiger partial charge is 0.142 e. The fourth-order valence-corrected chi connectivity index (χ4v) is 7.05. The molecule has 48 heavy (non-hydrogen) atoms. The van der Waals surface area contributed by atoms with Crippen molar-refractivity contribution in [1.29, 1.82) is 0 Å². The molecule has 2 aliphatic rings. The number of furan rings is 1. The summed E-state index contributed by atoms with van der Waals surface area (Å²) in [4.78, 5) is 0. The van der Waals surface area contributed by atoms with Crippen molar-refractivity contribution in [3.05, 3.63) is 190 Å². The van der Waals surface area contributed by atoms with Gasteiger partial charge >= 0.3 is 0 Å². The molecule has 0 amide bonds. The molecule has 0 unspecified atom stereocenters. The molecule has 2 heteroatoms. The molecule has 0 saturated carbocycles. The van der Waals surface area contributed by atoms with Gasteiger partial charge < -0.3 is 9.15 Å². The Labute approximate surface area is 281 Å². The van der Waals surface area contributed by atoms with Crippen LogP contribution >= 0.6 is 0 Å². The van der Waals surface area contributed by atoms with Crippen molar-refractivity contribution < 1.29 is 9.15 Å². The minimum atomic E-state index is 0.409. The van der Waals surface area contributed by atoms with Crippen LogP contribution in [0.25, 0.3) is 50.8 Å². The Bertz CT molecular complexity index is 2460. The van der Waals surface area contributed by atoms with Gasteiger partial charge in [0.15, 0.2) is 0 Å². The highest BCUT2D eigenvalue weighted by Gasteiger charge is 2.20. The van der Waals surface area contributed by atoms with Crippen molar-refractivity contribution in [1.82, 2.24) is 0 Å². The van der Waals surface area contributed by atoms with Crippen LogP contribution in [0.3, 0.4) is 0 Å². The third-order valence-corrected chi connectivity index (χ3v) is 9.48. The number of para-hydroxylation sites is 2. The lowest BCUT2D eigenvalue weighted by Gasteiger charge is -2.15. The lowest BCUT2D eigenvalue weighted by Crippen LogP contribution is -2.30. The number of fused-ring (bicyclic) bond motifs is 7. The van der Waals surface area contributed by atoms with E-state index < -0.39 is 0 Å². The molecule has 0 N–H and O–H groups in total. The second kappa shape index (κ2) is 12.7. The predicted molar refractivity (Wildman–Crippen MR) is 202 cm³/mol. The Morgan fingerprint density at radius 1 is 0.688 bits per heavy atom. The monoisotopic (exact) mass is 620 g/mol. The first-order valence-corrected chi connectivity index (χ1v) is 16.6. The summed E-state index contributed by atoms with van der Waals surface area (Å²) in [6.45, 7) is 9.14. The van der Waals surface area contributed by atoms with Crippen LogP contribution in [0.2, 0.25) is 0 Å². The SMILES string of the molecule is C=Cc1ccccc1C(=C)C1=c2/cccc/c2=C(\C2=C\c3c(ccc4c3oc3ccccc34)Cc3ccccc3OC2)/C=C/CC/C=C/1. The molecule has 8 rings (SSSR count). The van der Waals surface area contributed by atoms with Crippen molar-refractivity contribution in [2.75, 3.05) is 6.61 Å². The van der Waals surface area contributed by atoms with E-state index in [9.17, 15) is 0 Å². The average Bonchev–Trinajstić information content (AvgIpc) is 3.54. The molecular weight excluding hydrogens is 585 g/mol. The van der Waals surface area contributed by atoms with Gasteiger partial charge in [0.05, 0.1) is 0 Å². The van der Waals surface area contributed by atoms with Crippen LogP contribution in [0, 0.1) is 0 Å². The van der Waals surface area contributed by atoms with E-state index >= 15 is 0 Å². The van der Waals surface area contributed by atoms with E-state index in [1.807, 2.05) is 18.2 Å². The number of rotatable bonds is 4. The Hall–Kier alpha value is -5.86. The molecule has 232 valence electrons. The molecule has 0 radical (unpaired) electrons. The van der Waals surface area contributed by atoms with Gasteiger partial charge in [0.1, 0.15) is 23.5 Å². The summed E-state index contributed by atoms with van der Waals surface area (Å²) in [5, 5.41) is 4.51. The second-order valence-corrected chi connectivity index (χ2v) is 12.4. The average molecular weight is 621 g/mol. The summed E-state index contributed by atoms with van der Waals surface area (Å²) in [6, 6.07) is 38.2. The van der Waals surface area contributed by atoms with Crippen LogP contribution in [-0.2, 0) is 6.42 Å². The summed E-state index contributed by atoms with van der Waals surface area (Å²) in [5.74, 6) is 0.906. The van der Waals surface area contributed by atoms with Gasteiger partial charge in [0.25, 0.3) is 0 Å². The molecule has 0 saturated heterocycles. The third kappa shape index (κ3) is 5.36. The zero-order chi connectivity index (χ0) is 32.5. The normalized spacial score (nSPS) is 19.2. The Morgan fingerprint density at radius 2 is 1.44 bits per heavy atom. The first kappa shape index (κ1) is 29.5. The van der Waals surface area contributed by atoms with Crippen molar-refractivity contribution in [2.45, 2.75) is 19.3 Å². The van der Waals surface area contributed by atoms with E-state index in [0.29, 0.717) is 6.61 Å². The molecular formula is C46H36O2. The molecule has 5 aromatic carbocycles. The van der Waals surface area contributed by atoms with Crippen molar-refractivity contribution >= 4 is 50.8 Å². The first-order valence-electron chi connectivity index (χ1n) is 16.6. The van der Waals surface area contributed by atoms with Gasteiger partial charge in [-0.2, -0.15) is 0 Å². The van der Waals surface area contributed by atoms with Crippen LogP contribution in [0.5, 0.6) is 5.75 Å². The Kier molecular flexibility index (Phi) is 7.84. The standard InChI is InChI=1S/C46H36O2/c1-3-32-16-8-10-18-36(32)31(2)37-19-6-4-5-7-20-38(40-22-12-11-21-39(37)40)35-29-43-33(28-34-17-9-14-24-44(34)47-30-35)26-27-42-41-23-13-15-25-45(41)48-46(42)43/h3,6-27,29H,1-2,4-5,28,30H2/b19-6+,20-7+,35-29+,39-37+,40-38+. The number of benzene rings is 5. The largest absolute Gasteiger partial charge is 0.489 e. The van der Waals surface area contributed by atoms with Gasteiger partial charge in [0.2, 0.25) is 0 Å². The highest BCUT2D eigenvalue weighted by Crippen LogP contribution is 2.37. The quantitative estimate of drug-likeness (QED) is 0.196. The van der Waals surface area contributed by atoms with Crippen LogP contribution < -0.4 is 15.2 Å². The Balaban J connectivity index is 1.45. The van der Waals surface area contributed by atoms with E-state index in [1.165, 1.54) is 5.56 Å². The molecule has 6 aromatic rings. The van der Waals surface area contributed by atoms with E-state index in [1.54, 1.807) is 0 Å². The lowest BCUT2D eigenvalue weighted by molar-refractivity contribution is 0.354. The van der Waals surface area contributed by atoms with Crippen molar-refractivity contribution in [2.24, 2.45) is 0 Å². The maximum Gasteiger partial charge on any atom is 0.142 e. The van der Waals surface area contributed by atoms with Crippen LogP contribution in [0.1, 0.15) is 40.7 Å². The summed E-state index contributed by atoms with van der Waals surface area (Å²) >= 11 is 0. The fourth-order valence-electron chi connectivity index (χ4n) is 7.05. The molecule has 1 aliphatic heterocycles. The second-order valence-electron chi connectivity index (χ2n) is 12.4. The van der Waals surface area contributed by atoms with Crippen molar-refractivity contribution in [3.63, 3.8) is 0 Å². The maximum absolute atomic E-state index is 6.69. The molecule has 1 aliphatic carbocycles. The maximum atomic E-state index is 6.69. The van der Waals surface area contributed by atoms with Gasteiger partial charge in [-0.15, -0.1) is 0 Å². The number of hydrogen-bond acceptors (Lipinski definition) is 2. The Morgan fingerprint density at radius 3 is 2.33 bits per heavy atom. The molecule has 0 atom stereocenters. The van der Waals surface area contributed by atoms with Gasteiger partial charge in [-0.3, -0.25) is 0 Å². The summed E-state index contributed by atoms with van der Waals surface area (Å²) in [7, 11) is 0. The van der Waals surface area contributed by atoms with E-state index in [-0.39, 0.29) is 0 Å². The van der Waals surface area contributed by atoms with Gasteiger partial charge in [-0.25, -0.2) is 0 Å². The zero-order valence-corrected chi connectivity index (χ0v) is 26.9. The first-order chi connectivity index (χ1) is 23.7. The van der Waals surface area contributed by atoms with Crippen LogP contribution in [-0.4, -0.2) is 6.61 Å². The lowest BCUT2D eigenvalue weighted by atomic mass is 9.90. The summed E-state index contributed by atoms with van der Waals surface area (Å²) in [5.41, 5.74) is 11.7. The van der Waals surface area contributed by atoms with Crippen molar-refractivity contribution in [3.8, 4) is 5.75 Å². The molecule has 0 spiro atoms. The molecule has 0 fully saturated rings. The zero-order valence-electron chi connectivity index (χ0n) is 26.9. The number of allylic oxidation sites excluding steroid dienone is 5. The van der Waals surface area contributed by atoms with E-state index in [0.717, 1.165) is 102 Å². The minimum Gasteiger partial charge on any atom is -0.489 e. The van der Waals surface area contributed by atoms with Gasteiger partial charge in [-0.05, 0) is 86.0 Å². The highest BCUT2D eigenvalue weighted by atomic mass is 16.5. The number of ether oxygens (including phenoxy) is 1. The topological polar surface area (TPSA) is 22.4 Å². The third-order valence-electron chi connectivity index (χ3n) is 9.48. The highest BCUT2D eigenvalue weighted by molar-refractivity contribution is 6.08.